The van der Waals surface area contributed by atoms with E-state index in [4.69, 9.17) is 10.5 Å². The smallest absolute Gasteiger partial charge is 0.337 e. The van der Waals surface area contributed by atoms with E-state index in [9.17, 15) is 9.59 Å². The molecule has 6 nitrogen and oxygen atoms in total. The Balaban J connectivity index is 1.77. The van der Waals surface area contributed by atoms with Gasteiger partial charge in [0, 0.05) is 12.1 Å². The van der Waals surface area contributed by atoms with Gasteiger partial charge in [0.1, 0.15) is 5.75 Å². The van der Waals surface area contributed by atoms with Gasteiger partial charge in [-0.05, 0) is 36.8 Å². The van der Waals surface area contributed by atoms with Crippen LogP contribution in [0, 0.1) is 0 Å². The number of methoxy groups -OCH3 is 1. The Bertz CT molecular complexity index is 716. The maximum absolute atomic E-state index is 11.9. The van der Waals surface area contributed by atoms with Crippen molar-refractivity contribution in [3.05, 3.63) is 54.1 Å². The molecule has 6 heteroatoms. The molecule has 2 aromatic carbocycles. The average molecular weight is 328 g/mol. The number of nitrogens with two attached hydrogens (primary N) is 1. The third-order valence-corrected chi connectivity index (χ3v) is 3.29. The fraction of sp³-hybridized carbons (Fsp3) is 0.222. The molecule has 0 aliphatic heterocycles. The van der Waals surface area contributed by atoms with Crippen LogP contribution in [0.1, 0.15) is 23.2 Å². The average Bonchev–Trinajstić information content (AvgIpc) is 2.59. The molecular formula is C18H20N2O4. The first-order valence-corrected chi connectivity index (χ1v) is 7.55. The molecule has 0 aliphatic carbocycles. The number of benzene rings is 2. The highest BCUT2D eigenvalue weighted by Crippen LogP contribution is 2.20. The van der Waals surface area contributed by atoms with Crippen molar-refractivity contribution in [2.24, 2.45) is 0 Å². The molecule has 2 rings (SSSR count). The second kappa shape index (κ2) is 8.57. The highest BCUT2D eigenvalue weighted by Gasteiger charge is 2.08. The lowest BCUT2D eigenvalue weighted by Crippen LogP contribution is -2.13. The van der Waals surface area contributed by atoms with Crippen LogP contribution in [0.3, 0.4) is 0 Å². The van der Waals surface area contributed by atoms with Crippen molar-refractivity contribution in [3.63, 3.8) is 0 Å². The quantitative estimate of drug-likeness (QED) is 0.463. The van der Waals surface area contributed by atoms with E-state index in [1.54, 1.807) is 36.4 Å². The number of anilines is 2. The summed E-state index contributed by atoms with van der Waals surface area (Å²) in [6, 6.07) is 13.8. The van der Waals surface area contributed by atoms with E-state index >= 15 is 0 Å². The summed E-state index contributed by atoms with van der Waals surface area (Å²) in [6.45, 7) is 0.393. The van der Waals surface area contributed by atoms with Crippen molar-refractivity contribution in [3.8, 4) is 5.75 Å². The van der Waals surface area contributed by atoms with E-state index in [0.717, 1.165) is 0 Å². The van der Waals surface area contributed by atoms with E-state index < -0.39 is 5.97 Å². The zero-order valence-corrected chi connectivity index (χ0v) is 13.5. The van der Waals surface area contributed by atoms with Gasteiger partial charge in [-0.3, -0.25) is 4.79 Å². The third-order valence-electron chi connectivity index (χ3n) is 3.29. The topological polar surface area (TPSA) is 90.6 Å². The highest BCUT2D eigenvalue weighted by molar-refractivity contribution is 5.94. The van der Waals surface area contributed by atoms with E-state index in [1.807, 2.05) is 12.1 Å². The van der Waals surface area contributed by atoms with Crippen LogP contribution in [0.5, 0.6) is 5.75 Å². The maximum Gasteiger partial charge on any atom is 0.337 e. The van der Waals surface area contributed by atoms with Crippen LogP contribution in [0.15, 0.2) is 48.5 Å². The molecule has 0 saturated carbocycles. The lowest BCUT2D eigenvalue weighted by atomic mass is 10.2. The van der Waals surface area contributed by atoms with Crippen LogP contribution in [-0.4, -0.2) is 25.6 Å². The van der Waals surface area contributed by atoms with Gasteiger partial charge in [-0.15, -0.1) is 0 Å². The number of esters is 1. The largest absolute Gasteiger partial charge is 0.491 e. The molecule has 126 valence electrons. The van der Waals surface area contributed by atoms with Crippen LogP contribution in [0.4, 0.5) is 11.4 Å². The van der Waals surface area contributed by atoms with Crippen LogP contribution in [0.25, 0.3) is 0 Å². The number of hydrogen-bond donors (Lipinski definition) is 2. The van der Waals surface area contributed by atoms with E-state index in [2.05, 4.69) is 10.1 Å². The second-order valence-corrected chi connectivity index (χ2v) is 5.11. The van der Waals surface area contributed by atoms with Crippen molar-refractivity contribution >= 4 is 23.3 Å². The van der Waals surface area contributed by atoms with Gasteiger partial charge < -0.3 is 20.5 Å². The number of ether oxygens (including phenoxy) is 2. The van der Waals surface area contributed by atoms with E-state index in [0.29, 0.717) is 42.1 Å². The van der Waals surface area contributed by atoms with Crippen LogP contribution in [-0.2, 0) is 9.53 Å². The fourth-order valence-corrected chi connectivity index (χ4v) is 2.09. The monoisotopic (exact) mass is 328 g/mol. The van der Waals surface area contributed by atoms with Gasteiger partial charge in [-0.1, -0.05) is 18.2 Å². The summed E-state index contributed by atoms with van der Waals surface area (Å²) in [4.78, 5) is 23.4. The van der Waals surface area contributed by atoms with Gasteiger partial charge >= 0.3 is 5.97 Å². The Labute approximate surface area is 140 Å². The first kappa shape index (κ1) is 17.3. The van der Waals surface area contributed by atoms with Gasteiger partial charge in [0.05, 0.1) is 25.0 Å². The zero-order valence-electron chi connectivity index (χ0n) is 13.5. The summed E-state index contributed by atoms with van der Waals surface area (Å²) >= 11 is 0. The predicted octanol–water partition coefficient (Wildman–Crippen LogP) is 2.85. The maximum atomic E-state index is 11.9. The molecule has 0 saturated heterocycles. The number of para-hydroxylation sites is 2. The molecule has 0 fully saturated rings. The molecular weight excluding hydrogens is 308 g/mol. The molecule has 0 aromatic heterocycles. The van der Waals surface area contributed by atoms with E-state index in [1.165, 1.54) is 7.11 Å². The Morgan fingerprint density at radius 3 is 2.67 bits per heavy atom. The lowest BCUT2D eigenvalue weighted by molar-refractivity contribution is -0.116. The van der Waals surface area contributed by atoms with Crippen molar-refractivity contribution in [1.82, 2.24) is 0 Å². The van der Waals surface area contributed by atoms with Gasteiger partial charge in [0.25, 0.3) is 0 Å². The summed E-state index contributed by atoms with van der Waals surface area (Å²) in [5.41, 5.74) is 7.28. The Morgan fingerprint density at radius 1 is 1.12 bits per heavy atom. The molecule has 0 unspecified atom stereocenters. The Hall–Kier alpha value is -3.02. The molecule has 0 aliphatic rings. The number of hydrogen-bond acceptors (Lipinski definition) is 5. The number of carbonyl (C=O) groups is 2. The number of nitrogen functional groups attached to an aromatic ring is 1. The highest BCUT2D eigenvalue weighted by atomic mass is 16.5. The third kappa shape index (κ3) is 5.01. The van der Waals surface area contributed by atoms with Crippen molar-refractivity contribution in [2.45, 2.75) is 12.8 Å². The van der Waals surface area contributed by atoms with Crippen LogP contribution in [0.2, 0.25) is 0 Å². The zero-order chi connectivity index (χ0) is 17.4. The number of amides is 1. The molecule has 3 N–H and O–H groups in total. The Morgan fingerprint density at radius 2 is 1.92 bits per heavy atom. The van der Waals surface area contributed by atoms with Crippen molar-refractivity contribution in [2.75, 3.05) is 24.8 Å². The van der Waals surface area contributed by atoms with Gasteiger partial charge in [0.2, 0.25) is 5.91 Å². The molecule has 2 aromatic rings. The SMILES string of the molecule is COC(=O)c1cccc(NC(=O)CCCOc2ccccc2N)c1. The molecule has 0 bridgehead atoms. The first-order chi connectivity index (χ1) is 11.6. The summed E-state index contributed by atoms with van der Waals surface area (Å²) in [5, 5.41) is 2.74. The summed E-state index contributed by atoms with van der Waals surface area (Å²) in [5.74, 6) is 0.0188. The minimum atomic E-state index is -0.444. The number of carbonyl (C=O) groups excluding carboxylic acids is 2. The van der Waals surface area contributed by atoms with Gasteiger partial charge in [0.15, 0.2) is 0 Å². The van der Waals surface area contributed by atoms with Crippen LogP contribution >= 0.6 is 0 Å². The summed E-state index contributed by atoms with van der Waals surface area (Å²) in [6.07, 6.45) is 0.853. The summed E-state index contributed by atoms with van der Waals surface area (Å²) in [7, 11) is 1.31. The normalized spacial score (nSPS) is 10.0. The molecule has 0 spiro atoms. The predicted molar refractivity (Wildman–Crippen MR) is 92.0 cm³/mol. The second-order valence-electron chi connectivity index (χ2n) is 5.11. The fourth-order valence-electron chi connectivity index (χ4n) is 2.09. The molecule has 0 heterocycles. The Kier molecular flexibility index (Phi) is 6.19. The molecule has 0 radical (unpaired) electrons. The van der Waals surface area contributed by atoms with Crippen LogP contribution < -0.4 is 15.8 Å². The molecule has 24 heavy (non-hydrogen) atoms. The minimum Gasteiger partial charge on any atom is -0.491 e. The first-order valence-electron chi connectivity index (χ1n) is 7.55. The number of rotatable bonds is 7. The molecule has 1 amide bonds. The van der Waals surface area contributed by atoms with Crippen molar-refractivity contribution < 1.29 is 19.1 Å². The number of nitrogens with one attached hydrogen (secondary N) is 1. The standard InChI is InChI=1S/C18H20N2O4/c1-23-18(22)13-6-4-7-14(12-13)20-17(21)10-5-11-24-16-9-3-2-8-15(16)19/h2-4,6-9,12H,5,10-11,19H2,1H3,(H,20,21). The van der Waals surface area contributed by atoms with Gasteiger partial charge in [-0.2, -0.15) is 0 Å². The molecule has 0 atom stereocenters. The summed E-state index contributed by atoms with van der Waals surface area (Å²) < 4.78 is 10.2. The lowest BCUT2D eigenvalue weighted by Gasteiger charge is -2.09. The van der Waals surface area contributed by atoms with Crippen molar-refractivity contribution in [1.29, 1.82) is 0 Å². The minimum absolute atomic E-state index is 0.151. The van der Waals surface area contributed by atoms with E-state index in [-0.39, 0.29) is 5.91 Å². The van der Waals surface area contributed by atoms with Gasteiger partial charge in [-0.25, -0.2) is 4.79 Å².